The second-order valence-electron chi connectivity index (χ2n) is 4.63. The zero-order valence-electron chi connectivity index (χ0n) is 10.6. The first-order valence-corrected chi connectivity index (χ1v) is 5.96. The van der Waals surface area contributed by atoms with Gasteiger partial charge in [-0.3, -0.25) is 5.32 Å². The van der Waals surface area contributed by atoms with Crippen LogP contribution in [0.2, 0.25) is 10.4 Å². The van der Waals surface area contributed by atoms with Crippen LogP contribution in [0, 0.1) is 0 Å². The SMILES string of the molecule is CC(C)(C)OC(=O)Nc1c(Cl)nc(Cl)nc1C(F)(F)F. The molecule has 1 amide bonds. The van der Waals surface area contributed by atoms with Gasteiger partial charge in [-0.1, -0.05) is 11.6 Å². The Bertz CT molecular complexity index is 530. The molecule has 1 aromatic rings. The minimum absolute atomic E-state index is 0.636. The van der Waals surface area contributed by atoms with E-state index in [1.54, 1.807) is 20.8 Å². The second-order valence-corrected chi connectivity index (χ2v) is 5.33. The third kappa shape index (κ3) is 4.68. The number of ether oxygens (including phenoxy) is 1. The van der Waals surface area contributed by atoms with Crippen LogP contribution in [0.3, 0.4) is 0 Å². The molecule has 0 saturated heterocycles. The fourth-order valence-corrected chi connectivity index (χ4v) is 1.56. The molecule has 0 fully saturated rings. The number of aromatic nitrogens is 2. The summed E-state index contributed by atoms with van der Waals surface area (Å²) in [5, 5.41) is 0.553. The van der Waals surface area contributed by atoms with E-state index in [1.165, 1.54) is 0 Å². The molecule has 1 N–H and O–H groups in total. The van der Waals surface area contributed by atoms with Gasteiger partial charge in [0.05, 0.1) is 0 Å². The van der Waals surface area contributed by atoms with Crippen LogP contribution >= 0.6 is 23.2 Å². The number of carbonyl (C=O) groups is 1. The summed E-state index contributed by atoms with van der Waals surface area (Å²) in [6, 6.07) is 0. The molecule has 1 rings (SSSR count). The normalized spacial score (nSPS) is 12.2. The Hall–Kier alpha value is -1.28. The molecule has 0 aliphatic carbocycles. The average molecular weight is 332 g/mol. The third-order valence-corrected chi connectivity index (χ3v) is 2.17. The summed E-state index contributed by atoms with van der Waals surface area (Å²) in [4.78, 5) is 17.9. The van der Waals surface area contributed by atoms with Gasteiger partial charge < -0.3 is 4.74 Å². The van der Waals surface area contributed by atoms with Crippen molar-refractivity contribution in [3.05, 3.63) is 16.1 Å². The van der Waals surface area contributed by atoms with Crippen molar-refractivity contribution < 1.29 is 22.7 Å². The number of nitrogens with one attached hydrogen (secondary N) is 1. The van der Waals surface area contributed by atoms with Crippen molar-refractivity contribution in [2.45, 2.75) is 32.5 Å². The molecule has 0 radical (unpaired) electrons. The van der Waals surface area contributed by atoms with Crippen LogP contribution in [0.25, 0.3) is 0 Å². The minimum atomic E-state index is -4.86. The summed E-state index contributed by atoms with van der Waals surface area (Å²) in [6.07, 6.45) is -5.98. The molecular weight excluding hydrogens is 322 g/mol. The lowest BCUT2D eigenvalue weighted by Gasteiger charge is -2.20. The van der Waals surface area contributed by atoms with Crippen LogP contribution in [0.4, 0.5) is 23.7 Å². The highest BCUT2D eigenvalue weighted by Gasteiger charge is 2.38. The number of alkyl halides is 3. The van der Waals surface area contributed by atoms with Gasteiger partial charge >= 0.3 is 12.3 Å². The predicted octanol–water partition coefficient (Wildman–Crippen LogP) is 4.15. The van der Waals surface area contributed by atoms with Crippen molar-refractivity contribution in [2.24, 2.45) is 0 Å². The minimum Gasteiger partial charge on any atom is -0.444 e. The Morgan fingerprint density at radius 3 is 2.20 bits per heavy atom. The first kappa shape index (κ1) is 16.8. The Kier molecular flexibility index (Phi) is 4.70. The number of carbonyl (C=O) groups excluding carboxylic acids is 1. The van der Waals surface area contributed by atoms with Crippen molar-refractivity contribution >= 4 is 35.0 Å². The van der Waals surface area contributed by atoms with Crippen LogP contribution in [-0.4, -0.2) is 21.7 Å². The van der Waals surface area contributed by atoms with E-state index in [9.17, 15) is 18.0 Å². The second kappa shape index (κ2) is 5.61. The maximum Gasteiger partial charge on any atom is 0.435 e. The van der Waals surface area contributed by atoms with Gasteiger partial charge in [-0.2, -0.15) is 13.2 Å². The predicted molar refractivity (Wildman–Crippen MR) is 66.9 cm³/mol. The van der Waals surface area contributed by atoms with Gasteiger partial charge in [0, 0.05) is 0 Å². The molecule has 10 heteroatoms. The van der Waals surface area contributed by atoms with E-state index in [1.807, 2.05) is 5.32 Å². The van der Waals surface area contributed by atoms with Gasteiger partial charge in [0.15, 0.2) is 10.8 Å². The molecule has 112 valence electrons. The van der Waals surface area contributed by atoms with E-state index in [2.05, 4.69) is 9.97 Å². The van der Waals surface area contributed by atoms with E-state index in [0.717, 1.165) is 0 Å². The monoisotopic (exact) mass is 331 g/mol. The molecule has 1 heterocycles. The number of anilines is 1. The highest BCUT2D eigenvalue weighted by atomic mass is 35.5. The van der Waals surface area contributed by atoms with Crippen LogP contribution in [-0.2, 0) is 10.9 Å². The molecule has 0 saturated carbocycles. The molecule has 0 spiro atoms. The Morgan fingerprint density at radius 1 is 1.20 bits per heavy atom. The number of hydrogen-bond donors (Lipinski definition) is 1. The van der Waals surface area contributed by atoms with Crippen molar-refractivity contribution in [3.8, 4) is 0 Å². The Balaban J connectivity index is 3.15. The van der Waals surface area contributed by atoms with E-state index in [0.29, 0.717) is 0 Å². The topological polar surface area (TPSA) is 64.1 Å². The van der Waals surface area contributed by atoms with Crippen molar-refractivity contribution in [2.75, 3.05) is 5.32 Å². The fourth-order valence-electron chi connectivity index (χ4n) is 1.13. The summed E-state index contributed by atoms with van der Waals surface area (Å²) in [6.45, 7) is 4.66. The number of rotatable bonds is 1. The maximum atomic E-state index is 12.8. The van der Waals surface area contributed by atoms with Crippen molar-refractivity contribution in [3.63, 3.8) is 0 Å². The van der Waals surface area contributed by atoms with Crippen molar-refractivity contribution in [1.82, 2.24) is 9.97 Å². The molecule has 0 bridgehead atoms. The molecule has 0 aliphatic rings. The lowest BCUT2D eigenvalue weighted by Crippen LogP contribution is -2.28. The lowest BCUT2D eigenvalue weighted by atomic mass is 10.2. The smallest absolute Gasteiger partial charge is 0.435 e. The van der Waals surface area contributed by atoms with E-state index in [-0.39, 0.29) is 0 Å². The Labute approximate surface area is 122 Å². The molecule has 20 heavy (non-hydrogen) atoms. The number of nitrogens with zero attached hydrogens (tertiary/aromatic N) is 2. The van der Waals surface area contributed by atoms with Crippen molar-refractivity contribution in [1.29, 1.82) is 0 Å². The molecule has 0 aliphatic heterocycles. The number of hydrogen-bond acceptors (Lipinski definition) is 4. The highest BCUT2D eigenvalue weighted by molar-refractivity contribution is 6.34. The van der Waals surface area contributed by atoms with Gasteiger partial charge in [-0.05, 0) is 32.4 Å². The molecule has 0 aromatic carbocycles. The standard InChI is InChI=1S/C10H10Cl2F3N3O2/c1-9(2,3)20-8(19)16-4-5(10(13,14)15)17-7(12)18-6(4)11/h1-3H3,(H,16,19). The van der Waals surface area contributed by atoms with Crippen LogP contribution < -0.4 is 5.32 Å². The third-order valence-electron chi connectivity index (χ3n) is 1.73. The van der Waals surface area contributed by atoms with Gasteiger partial charge in [-0.15, -0.1) is 0 Å². The quantitative estimate of drug-likeness (QED) is 0.620. The van der Waals surface area contributed by atoms with E-state index < -0.39 is 39.7 Å². The average Bonchev–Trinajstić information content (AvgIpc) is 2.17. The molecule has 0 atom stereocenters. The number of amides is 1. The van der Waals surface area contributed by atoms with Crippen LogP contribution in [0.5, 0.6) is 0 Å². The van der Waals surface area contributed by atoms with Crippen LogP contribution in [0.15, 0.2) is 0 Å². The van der Waals surface area contributed by atoms with Gasteiger partial charge in [0.2, 0.25) is 5.28 Å². The van der Waals surface area contributed by atoms with Crippen LogP contribution in [0.1, 0.15) is 26.5 Å². The van der Waals surface area contributed by atoms with E-state index in [4.69, 9.17) is 27.9 Å². The first-order valence-electron chi connectivity index (χ1n) is 5.20. The van der Waals surface area contributed by atoms with E-state index >= 15 is 0 Å². The van der Waals surface area contributed by atoms with Gasteiger partial charge in [0.1, 0.15) is 11.3 Å². The maximum absolute atomic E-state index is 12.8. The van der Waals surface area contributed by atoms with Gasteiger partial charge in [0.25, 0.3) is 0 Å². The largest absolute Gasteiger partial charge is 0.444 e. The number of halogens is 5. The summed E-state index contributed by atoms with van der Waals surface area (Å²) in [5.41, 5.74) is -3.14. The lowest BCUT2D eigenvalue weighted by molar-refractivity contribution is -0.140. The molecule has 1 aromatic heterocycles. The summed E-state index contributed by atoms with van der Waals surface area (Å²) < 4.78 is 43.2. The molecule has 0 unspecified atom stereocenters. The summed E-state index contributed by atoms with van der Waals surface area (Å²) in [7, 11) is 0. The summed E-state index contributed by atoms with van der Waals surface area (Å²) in [5.74, 6) is 0. The fraction of sp³-hybridized carbons (Fsp3) is 0.500. The Morgan fingerprint density at radius 2 is 1.75 bits per heavy atom. The zero-order chi connectivity index (χ0) is 15.7. The highest BCUT2D eigenvalue weighted by Crippen LogP contribution is 2.37. The van der Waals surface area contributed by atoms with Gasteiger partial charge in [-0.25, -0.2) is 14.8 Å². The molecular formula is C10H10Cl2F3N3O2. The summed E-state index contributed by atoms with van der Waals surface area (Å²) >= 11 is 10.9. The molecule has 5 nitrogen and oxygen atoms in total. The zero-order valence-corrected chi connectivity index (χ0v) is 12.1. The first-order chi connectivity index (χ1) is 8.90.